The second-order valence-electron chi connectivity index (χ2n) is 11.0. The number of hydrogen-bond donors (Lipinski definition) is 6. The number of anilines is 1. The van der Waals surface area contributed by atoms with Crippen molar-refractivity contribution in [3.8, 4) is 17.1 Å². The molecule has 0 atom stereocenters. The van der Waals surface area contributed by atoms with E-state index in [1.807, 2.05) is 0 Å². The van der Waals surface area contributed by atoms with Crippen LogP contribution in [0.1, 0.15) is 0 Å². The Labute approximate surface area is 331 Å². The van der Waals surface area contributed by atoms with Crippen molar-refractivity contribution in [1.29, 1.82) is 0 Å². The van der Waals surface area contributed by atoms with Crippen molar-refractivity contribution in [3.63, 3.8) is 0 Å². The van der Waals surface area contributed by atoms with Crippen LogP contribution in [0.4, 0.5) is 28.4 Å². The normalized spacial score (nSPS) is 12.8. The lowest BCUT2D eigenvalue weighted by Crippen LogP contribution is -2.21. The van der Waals surface area contributed by atoms with Crippen LogP contribution in [-0.4, -0.2) is 89.0 Å². The van der Waals surface area contributed by atoms with E-state index in [9.17, 15) is 47.9 Å². The van der Waals surface area contributed by atoms with E-state index in [1.165, 1.54) is 30.3 Å². The number of aromatic hydroxyl groups is 1. The number of nitrogen functional groups attached to an aromatic ring is 1. The van der Waals surface area contributed by atoms with Gasteiger partial charge in [0.2, 0.25) is 0 Å². The first-order chi connectivity index (χ1) is 26.5. The molecule has 0 bridgehead atoms. The third-order valence-electron chi connectivity index (χ3n) is 6.85. The van der Waals surface area contributed by atoms with E-state index < -0.39 is 78.8 Å². The van der Waals surface area contributed by atoms with Crippen molar-refractivity contribution in [2.75, 3.05) is 32.1 Å². The van der Waals surface area contributed by atoms with Gasteiger partial charge in [-0.2, -0.15) is 30.4 Å². The molecule has 4 aromatic carbocycles. The monoisotopic (exact) mass is 910 g/mol. The quantitative estimate of drug-likeness (QED) is 0.0126. The van der Waals surface area contributed by atoms with Gasteiger partial charge in [0.15, 0.2) is 21.7 Å². The standard InChI is InChI=1S/C28H26N6O17S6/c1-34(2)9-12-54(37,38)19-6-3-17(4-7-19)30-33-27-23(56(42,43)44)14-16-13-21(53-50-49-36)26(28(35)24(16)25(27)29)32-31-20-8-5-18(15-22(20)55(39,40)41)52-11-10-48-51-57(45,46)47/h3-8,13-15,35-36H,9,12,29H2,1-2H3,(H,39,40,41)(H,42,43,44)(H,45,46,47). The molecular formula is C28H26N6O17S6. The molecule has 0 unspecified atom stereocenters. The number of fused-ring (bicyclic) bond motifs is 1. The van der Waals surface area contributed by atoms with E-state index in [2.05, 4.69) is 44.3 Å². The Morgan fingerprint density at radius 1 is 0.825 bits per heavy atom. The molecule has 0 radical (unpaired) electrons. The molecule has 0 amide bonds. The van der Waals surface area contributed by atoms with Crippen LogP contribution in [0.3, 0.4) is 0 Å². The number of nitrogens with zero attached hydrogens (tertiary/aromatic N) is 5. The summed E-state index contributed by atoms with van der Waals surface area (Å²) in [6.45, 7) is 0.260. The molecule has 0 fully saturated rings. The lowest BCUT2D eigenvalue weighted by molar-refractivity contribution is -0.432. The molecule has 306 valence electrons. The predicted molar refractivity (Wildman–Crippen MR) is 200 cm³/mol. The average Bonchev–Trinajstić information content (AvgIpc) is 3.11. The van der Waals surface area contributed by atoms with Crippen LogP contribution in [0.25, 0.3) is 10.8 Å². The summed E-state index contributed by atoms with van der Waals surface area (Å²) in [5.74, 6) is -1.04. The highest BCUT2D eigenvalue weighted by atomic mass is 32.3. The van der Waals surface area contributed by atoms with Crippen LogP contribution in [0.2, 0.25) is 0 Å². The molecule has 0 aliphatic rings. The van der Waals surface area contributed by atoms with E-state index in [0.29, 0.717) is 11.8 Å². The molecule has 7 N–H and O–H groups in total. The Bertz CT molecular complexity index is 2760. The van der Waals surface area contributed by atoms with E-state index >= 15 is 0 Å². The van der Waals surface area contributed by atoms with Gasteiger partial charge in [0.05, 0.1) is 44.3 Å². The number of phenolic OH excluding ortho intramolecular Hbond substituents is 1. The largest absolute Gasteiger partial charge is 0.505 e. The van der Waals surface area contributed by atoms with E-state index in [-0.39, 0.29) is 55.5 Å². The first-order valence-corrected chi connectivity index (χ1v) is 22.1. The fraction of sp³-hybridized carbons (Fsp3) is 0.143. The highest BCUT2D eigenvalue weighted by Gasteiger charge is 2.26. The minimum Gasteiger partial charge on any atom is -0.505 e. The lowest BCUT2D eigenvalue weighted by Gasteiger charge is -2.14. The number of benzene rings is 4. The van der Waals surface area contributed by atoms with Crippen molar-refractivity contribution in [3.05, 3.63) is 54.6 Å². The molecule has 0 saturated heterocycles. The second kappa shape index (κ2) is 18.4. The molecule has 0 aliphatic carbocycles. The van der Waals surface area contributed by atoms with Gasteiger partial charge in [-0.15, -0.1) is 19.7 Å². The van der Waals surface area contributed by atoms with Crippen LogP contribution in [0, 0.1) is 11.4 Å². The topological polar surface area (TPSA) is 353 Å². The number of nitrogens with two attached hydrogens (primary N) is 1. The number of thioether (sulfide) groups is 1. The predicted octanol–water partition coefficient (Wildman–Crippen LogP) is 4.98. The highest BCUT2D eigenvalue weighted by molar-refractivity contribution is 8.04. The highest BCUT2D eigenvalue weighted by Crippen LogP contribution is 2.50. The van der Waals surface area contributed by atoms with Gasteiger partial charge < -0.3 is 15.7 Å². The Morgan fingerprint density at radius 3 is 2.07 bits per heavy atom. The maximum Gasteiger partial charge on any atom is 0.433 e. The van der Waals surface area contributed by atoms with Crippen LogP contribution < -0.4 is 5.73 Å². The van der Waals surface area contributed by atoms with E-state index in [0.717, 1.165) is 24.3 Å². The molecular weight excluding hydrogens is 885 g/mol. The average molecular weight is 911 g/mol. The number of rotatable bonds is 16. The molecule has 29 heteroatoms. The third-order valence-corrected chi connectivity index (χ3v) is 11.8. The summed E-state index contributed by atoms with van der Waals surface area (Å²) in [4.78, 5) is 3.62. The van der Waals surface area contributed by atoms with Crippen molar-refractivity contribution >= 4 is 103 Å². The first kappa shape index (κ1) is 45.2. The zero-order valence-electron chi connectivity index (χ0n) is 28.5. The summed E-state index contributed by atoms with van der Waals surface area (Å²) in [5, 5.41) is 40.8. The van der Waals surface area contributed by atoms with Crippen LogP contribution in [0.15, 0.2) is 99.5 Å². The van der Waals surface area contributed by atoms with Crippen LogP contribution in [0.5, 0.6) is 5.75 Å². The van der Waals surface area contributed by atoms with Gasteiger partial charge in [0, 0.05) is 16.7 Å². The zero-order chi connectivity index (χ0) is 42.3. The number of azo groups is 2. The van der Waals surface area contributed by atoms with Crippen molar-refractivity contribution < 1.29 is 76.3 Å². The number of sulfone groups is 1. The SMILES string of the molecule is CN(C)CCS(=O)(=O)c1ccc(N=Nc2c(S(=O)(=O)O)cc3cc(SOOO)c(N=Nc4ccc(SC#COOS(=O)(=O)O)cc4S(=O)(=O)O)c(O)c3c2N)cc1. The number of hydrogen-bond acceptors (Lipinski definition) is 22. The van der Waals surface area contributed by atoms with Gasteiger partial charge in [-0.1, -0.05) is 5.04 Å². The van der Waals surface area contributed by atoms with Crippen molar-refractivity contribution in [1.82, 2.24) is 4.90 Å². The molecule has 0 spiro atoms. The third kappa shape index (κ3) is 12.2. The fourth-order valence-electron chi connectivity index (χ4n) is 4.38. The Morgan fingerprint density at radius 2 is 1.47 bits per heavy atom. The molecule has 0 aromatic heterocycles. The van der Waals surface area contributed by atoms with Gasteiger partial charge in [0.1, 0.15) is 26.9 Å². The molecule has 4 aromatic rings. The number of phenols is 1. The van der Waals surface area contributed by atoms with Crippen molar-refractivity contribution in [2.24, 2.45) is 20.5 Å². The summed E-state index contributed by atoms with van der Waals surface area (Å²) in [5.41, 5.74) is 3.95. The molecule has 23 nitrogen and oxygen atoms in total. The summed E-state index contributed by atoms with van der Waals surface area (Å²) in [7, 11) is -15.4. The Kier molecular flexibility index (Phi) is 14.6. The van der Waals surface area contributed by atoms with Gasteiger partial charge >= 0.3 is 10.4 Å². The zero-order valence-corrected chi connectivity index (χ0v) is 33.4. The van der Waals surface area contributed by atoms with Crippen LogP contribution in [-0.2, 0) is 59.1 Å². The fourth-order valence-corrected chi connectivity index (χ4v) is 8.29. The maximum absolute atomic E-state index is 12.6. The Balaban J connectivity index is 1.82. The van der Waals surface area contributed by atoms with Gasteiger partial charge in [-0.25, -0.2) is 13.7 Å². The Hall–Kier alpha value is -4.52. The van der Waals surface area contributed by atoms with Gasteiger partial charge in [-0.3, -0.25) is 18.5 Å². The molecule has 57 heavy (non-hydrogen) atoms. The van der Waals surface area contributed by atoms with Crippen molar-refractivity contribution in [2.45, 2.75) is 24.5 Å². The van der Waals surface area contributed by atoms with E-state index in [1.54, 1.807) is 25.1 Å². The van der Waals surface area contributed by atoms with Gasteiger partial charge in [0.25, 0.3) is 20.2 Å². The minimum absolute atomic E-state index is 0.0204. The van der Waals surface area contributed by atoms with E-state index in [4.69, 9.17) is 15.5 Å². The second-order valence-corrected chi connectivity index (χ2v) is 18.5. The summed E-state index contributed by atoms with van der Waals surface area (Å²) in [6, 6.07) is 10.1. The first-order valence-electron chi connectivity index (χ1n) is 14.7. The van der Waals surface area contributed by atoms with Gasteiger partial charge in [-0.05, 0) is 90.2 Å². The molecule has 0 heterocycles. The summed E-state index contributed by atoms with van der Waals surface area (Å²) in [6.07, 6.45) is 1.74. The molecule has 4 rings (SSSR count). The van der Waals surface area contributed by atoms with Crippen LogP contribution >= 0.6 is 23.8 Å². The molecule has 0 aliphatic heterocycles. The molecule has 0 saturated carbocycles. The smallest absolute Gasteiger partial charge is 0.433 e. The maximum atomic E-state index is 12.6. The lowest BCUT2D eigenvalue weighted by atomic mass is 10.1. The minimum atomic E-state index is -5.11. The summed E-state index contributed by atoms with van der Waals surface area (Å²) >= 11 is 0.736. The summed E-state index contributed by atoms with van der Waals surface area (Å²) < 4.78 is 132.